The number of ether oxygens (including phenoxy) is 1. The van der Waals surface area contributed by atoms with Gasteiger partial charge < -0.3 is 15.4 Å². The second-order valence-corrected chi connectivity index (χ2v) is 9.56. The molecule has 2 amide bonds. The Kier molecular flexibility index (Phi) is 8.31. The average molecular weight is 495 g/mol. The number of carbonyl (C=O) groups is 4. The number of rotatable bonds is 8. The molecule has 7 nitrogen and oxygen atoms in total. The summed E-state index contributed by atoms with van der Waals surface area (Å²) in [5.41, 5.74) is -0.0802. The van der Waals surface area contributed by atoms with Crippen LogP contribution >= 0.6 is 27.3 Å². The molecule has 0 aliphatic heterocycles. The molecule has 0 saturated heterocycles. The van der Waals surface area contributed by atoms with Gasteiger partial charge in [0.15, 0.2) is 6.61 Å². The largest absolute Gasteiger partial charge is 0.456 e. The number of nitrogens with one attached hydrogen (secondary N) is 2. The van der Waals surface area contributed by atoms with Crippen molar-refractivity contribution in [3.63, 3.8) is 0 Å². The Morgan fingerprint density at radius 1 is 1.00 bits per heavy atom. The Labute approximate surface area is 187 Å². The van der Waals surface area contributed by atoms with Crippen LogP contribution in [0.5, 0.6) is 0 Å². The van der Waals surface area contributed by atoms with E-state index in [0.29, 0.717) is 17.0 Å². The molecule has 0 atom stereocenters. The molecule has 0 bridgehead atoms. The zero-order chi connectivity index (χ0) is 22.3. The van der Waals surface area contributed by atoms with E-state index in [1.165, 1.54) is 11.3 Å². The van der Waals surface area contributed by atoms with Gasteiger partial charge in [0.1, 0.15) is 6.54 Å². The fraction of sp³-hybridized carbons (Fsp3) is 0.333. The van der Waals surface area contributed by atoms with Gasteiger partial charge in [-0.15, -0.1) is 11.3 Å². The van der Waals surface area contributed by atoms with Gasteiger partial charge in [-0.2, -0.15) is 0 Å². The molecule has 9 heteroatoms. The Hall–Kier alpha value is -2.52. The molecular weight excluding hydrogens is 472 g/mol. The lowest BCUT2D eigenvalue weighted by atomic mass is 9.96. The van der Waals surface area contributed by atoms with Gasteiger partial charge in [-0.3, -0.25) is 19.2 Å². The number of carbonyl (C=O) groups excluding carboxylic acids is 4. The predicted molar refractivity (Wildman–Crippen MR) is 117 cm³/mol. The van der Waals surface area contributed by atoms with Gasteiger partial charge in [-0.05, 0) is 36.4 Å². The first-order chi connectivity index (χ1) is 14.1. The van der Waals surface area contributed by atoms with Crippen LogP contribution in [0.1, 0.15) is 45.7 Å². The third-order valence-corrected chi connectivity index (χ3v) is 5.56. The van der Waals surface area contributed by atoms with Crippen LogP contribution in [0.4, 0.5) is 0 Å². The highest BCUT2D eigenvalue weighted by atomic mass is 79.9. The molecule has 0 saturated carbocycles. The van der Waals surface area contributed by atoms with Crippen molar-refractivity contribution in [1.29, 1.82) is 0 Å². The second kappa shape index (κ2) is 10.5. The SMILES string of the molecule is CC(C)(C)C(=O)NCc1ccc(C(=O)COC(=O)CNC(=O)c2ccc(Br)cc2)s1. The molecule has 1 heterocycles. The van der Waals surface area contributed by atoms with Crippen molar-refractivity contribution in [2.45, 2.75) is 27.3 Å². The Bertz CT molecular complexity index is 932. The van der Waals surface area contributed by atoms with Crippen LogP contribution < -0.4 is 10.6 Å². The van der Waals surface area contributed by atoms with Crippen molar-refractivity contribution in [3.8, 4) is 0 Å². The molecule has 2 N–H and O–H groups in total. The zero-order valence-corrected chi connectivity index (χ0v) is 19.3. The molecule has 0 unspecified atom stereocenters. The van der Waals surface area contributed by atoms with Gasteiger partial charge in [-0.25, -0.2) is 0 Å². The van der Waals surface area contributed by atoms with Gasteiger partial charge in [0.2, 0.25) is 11.7 Å². The monoisotopic (exact) mass is 494 g/mol. The quantitative estimate of drug-likeness (QED) is 0.432. The lowest BCUT2D eigenvalue weighted by Crippen LogP contribution is -2.34. The van der Waals surface area contributed by atoms with E-state index in [4.69, 9.17) is 4.74 Å². The molecule has 160 valence electrons. The third kappa shape index (κ3) is 7.38. The van der Waals surface area contributed by atoms with E-state index in [0.717, 1.165) is 9.35 Å². The van der Waals surface area contributed by atoms with Gasteiger partial charge in [-0.1, -0.05) is 36.7 Å². The molecule has 2 rings (SSSR count). The van der Waals surface area contributed by atoms with Gasteiger partial charge in [0, 0.05) is 20.3 Å². The van der Waals surface area contributed by atoms with Crippen molar-refractivity contribution in [2.24, 2.45) is 5.41 Å². The number of amides is 2. The molecule has 1 aromatic carbocycles. The maximum absolute atomic E-state index is 12.2. The molecule has 0 spiro atoms. The van der Waals surface area contributed by atoms with Crippen molar-refractivity contribution in [3.05, 3.63) is 56.2 Å². The molecular formula is C21H23BrN2O5S. The van der Waals surface area contributed by atoms with E-state index in [1.54, 1.807) is 36.4 Å². The molecule has 0 radical (unpaired) electrons. The van der Waals surface area contributed by atoms with Crippen molar-refractivity contribution in [2.75, 3.05) is 13.2 Å². The number of thiophene rings is 1. The second-order valence-electron chi connectivity index (χ2n) is 7.47. The maximum Gasteiger partial charge on any atom is 0.325 e. The summed E-state index contributed by atoms with van der Waals surface area (Å²) >= 11 is 4.51. The Morgan fingerprint density at radius 2 is 1.67 bits per heavy atom. The lowest BCUT2D eigenvalue weighted by molar-refractivity contribution is -0.141. The van der Waals surface area contributed by atoms with Crippen LogP contribution in [0.15, 0.2) is 40.9 Å². The normalized spacial score (nSPS) is 10.9. The average Bonchev–Trinajstić information content (AvgIpc) is 3.17. The van der Waals surface area contributed by atoms with Crippen LogP contribution in [0, 0.1) is 5.41 Å². The summed E-state index contributed by atoms with van der Waals surface area (Å²) in [4.78, 5) is 49.1. The number of ketones is 1. The minimum absolute atomic E-state index is 0.0807. The highest BCUT2D eigenvalue weighted by Crippen LogP contribution is 2.18. The molecule has 0 aliphatic carbocycles. The maximum atomic E-state index is 12.2. The molecule has 1 aromatic heterocycles. The van der Waals surface area contributed by atoms with Crippen LogP contribution in [0.25, 0.3) is 0 Å². The summed E-state index contributed by atoms with van der Waals surface area (Å²) in [5, 5.41) is 5.26. The van der Waals surface area contributed by atoms with E-state index >= 15 is 0 Å². The first kappa shape index (κ1) is 23.8. The van der Waals surface area contributed by atoms with Crippen molar-refractivity contribution in [1.82, 2.24) is 10.6 Å². The van der Waals surface area contributed by atoms with E-state index in [1.807, 2.05) is 20.8 Å². The van der Waals surface area contributed by atoms with Crippen LogP contribution in [-0.4, -0.2) is 36.7 Å². The number of Topliss-reactive ketones (excluding diaryl/α,β-unsaturated/α-hetero) is 1. The summed E-state index contributed by atoms with van der Waals surface area (Å²) in [5.74, 6) is -1.54. The van der Waals surface area contributed by atoms with E-state index in [2.05, 4.69) is 26.6 Å². The van der Waals surface area contributed by atoms with Crippen LogP contribution in [0.3, 0.4) is 0 Å². The number of esters is 1. The minimum atomic E-state index is -0.706. The molecule has 0 aliphatic rings. The van der Waals surface area contributed by atoms with Gasteiger partial charge >= 0.3 is 5.97 Å². The van der Waals surface area contributed by atoms with E-state index < -0.39 is 23.9 Å². The Balaban J connectivity index is 1.75. The fourth-order valence-electron chi connectivity index (χ4n) is 2.18. The van der Waals surface area contributed by atoms with Crippen LogP contribution in [-0.2, 0) is 20.9 Å². The summed E-state index contributed by atoms with van der Waals surface area (Å²) in [6.45, 7) is 5.04. The number of hydrogen-bond acceptors (Lipinski definition) is 6. The van der Waals surface area contributed by atoms with Crippen LogP contribution in [0.2, 0.25) is 0 Å². The number of halogens is 1. The van der Waals surface area contributed by atoms with Crippen molar-refractivity contribution >= 4 is 50.8 Å². The summed E-state index contributed by atoms with van der Waals surface area (Å²) in [7, 11) is 0. The van der Waals surface area contributed by atoms with E-state index in [9.17, 15) is 19.2 Å². The van der Waals surface area contributed by atoms with Gasteiger partial charge in [0.25, 0.3) is 5.91 Å². The fourth-order valence-corrected chi connectivity index (χ4v) is 3.32. The first-order valence-corrected chi connectivity index (χ1v) is 10.8. The highest BCUT2D eigenvalue weighted by molar-refractivity contribution is 9.10. The summed E-state index contributed by atoms with van der Waals surface area (Å²) < 4.78 is 5.78. The number of benzene rings is 1. The molecule has 30 heavy (non-hydrogen) atoms. The highest BCUT2D eigenvalue weighted by Gasteiger charge is 2.21. The van der Waals surface area contributed by atoms with Crippen molar-refractivity contribution < 1.29 is 23.9 Å². The summed E-state index contributed by atoms with van der Waals surface area (Å²) in [6, 6.07) is 10.1. The molecule has 2 aromatic rings. The standard InChI is InChI=1S/C21H23BrN2O5S/c1-21(2,3)20(28)24-10-15-8-9-17(30-15)16(25)12-29-18(26)11-23-19(27)13-4-6-14(22)7-5-13/h4-9H,10-12H2,1-3H3,(H,23,27)(H,24,28). The predicted octanol–water partition coefficient (Wildman–Crippen LogP) is 3.33. The Morgan fingerprint density at radius 3 is 2.30 bits per heavy atom. The minimum Gasteiger partial charge on any atom is -0.456 e. The molecule has 0 fully saturated rings. The number of hydrogen-bond donors (Lipinski definition) is 2. The summed E-state index contributed by atoms with van der Waals surface area (Å²) in [6.07, 6.45) is 0. The zero-order valence-electron chi connectivity index (χ0n) is 16.9. The first-order valence-electron chi connectivity index (χ1n) is 9.16. The topological polar surface area (TPSA) is 102 Å². The van der Waals surface area contributed by atoms with E-state index in [-0.39, 0.29) is 18.2 Å². The van der Waals surface area contributed by atoms with Gasteiger partial charge in [0.05, 0.1) is 11.4 Å². The third-order valence-electron chi connectivity index (χ3n) is 3.90. The smallest absolute Gasteiger partial charge is 0.325 e. The lowest BCUT2D eigenvalue weighted by Gasteiger charge is -2.17.